The summed E-state index contributed by atoms with van der Waals surface area (Å²) in [5, 5.41) is 0. The maximum atomic E-state index is 5.26. The molecular weight excluding hydrogens is 378 g/mol. The van der Waals surface area contributed by atoms with E-state index in [-0.39, 0.29) is 0 Å². The number of aromatic amines is 1. The fourth-order valence-corrected chi connectivity index (χ4v) is 2.59. The van der Waals surface area contributed by atoms with Gasteiger partial charge in [0, 0.05) is 16.4 Å². The monoisotopic (exact) mass is 387 g/mol. The molecule has 0 aromatic carbocycles. The van der Waals surface area contributed by atoms with E-state index in [1.165, 1.54) is 0 Å². The number of aromatic nitrogens is 3. The van der Waals surface area contributed by atoms with Crippen molar-refractivity contribution in [2.24, 2.45) is 0 Å². The molecule has 94 valence electrons. The Morgan fingerprint density at radius 1 is 1.28 bits per heavy atom. The first-order chi connectivity index (χ1) is 8.49. The lowest BCUT2D eigenvalue weighted by molar-refractivity contribution is 0.806. The van der Waals surface area contributed by atoms with Crippen LogP contribution < -0.4 is 0 Å². The summed E-state index contributed by atoms with van der Waals surface area (Å²) in [6.07, 6.45) is 1.74. The Kier molecular flexibility index (Phi) is 4.29. The van der Waals surface area contributed by atoms with Gasteiger partial charge in [-0.15, -0.1) is 0 Å². The third-order valence-corrected chi connectivity index (χ3v) is 4.27. The highest BCUT2D eigenvalue weighted by Gasteiger charge is 2.11. The largest absolute Gasteiger partial charge is 0.341 e. The van der Waals surface area contributed by atoms with E-state index in [1.807, 2.05) is 12.1 Å². The predicted octanol–water partition coefficient (Wildman–Crippen LogP) is 4.85. The van der Waals surface area contributed by atoms with Crippen LogP contribution in [0, 0.1) is 4.64 Å². The molecule has 0 saturated heterocycles. The molecule has 2 rings (SSSR count). The van der Waals surface area contributed by atoms with Crippen LogP contribution in [-0.2, 0) is 0 Å². The van der Waals surface area contributed by atoms with Crippen LogP contribution in [0.1, 0.15) is 25.5 Å². The van der Waals surface area contributed by atoms with Gasteiger partial charge in [-0.3, -0.25) is 4.98 Å². The lowest BCUT2D eigenvalue weighted by atomic mass is 10.1. The molecule has 0 spiro atoms. The second kappa shape index (κ2) is 5.59. The van der Waals surface area contributed by atoms with E-state index >= 15 is 0 Å². The quantitative estimate of drug-likeness (QED) is 0.747. The highest BCUT2D eigenvalue weighted by atomic mass is 79.9. The van der Waals surface area contributed by atoms with Crippen molar-refractivity contribution in [3.05, 3.63) is 37.6 Å². The zero-order chi connectivity index (χ0) is 13.3. The third kappa shape index (κ3) is 2.87. The first kappa shape index (κ1) is 13.8. The summed E-state index contributed by atoms with van der Waals surface area (Å²) in [4.78, 5) is 12.0. The highest BCUT2D eigenvalue weighted by molar-refractivity contribution is 9.10. The van der Waals surface area contributed by atoms with Crippen LogP contribution in [0.5, 0.6) is 0 Å². The molecule has 3 nitrogen and oxygen atoms in total. The molecule has 0 aliphatic heterocycles. The number of nitrogens with zero attached hydrogens (tertiary/aromatic N) is 2. The van der Waals surface area contributed by atoms with E-state index < -0.39 is 0 Å². The number of hydrogen-bond acceptors (Lipinski definition) is 3. The molecule has 0 atom stereocenters. The van der Waals surface area contributed by atoms with Crippen molar-refractivity contribution in [3.8, 4) is 11.5 Å². The van der Waals surface area contributed by atoms with Gasteiger partial charge in [-0.25, -0.2) is 4.98 Å². The third-order valence-electron chi connectivity index (χ3n) is 2.44. The molecule has 2 heterocycles. The van der Waals surface area contributed by atoms with Gasteiger partial charge in [-0.05, 0) is 49.9 Å². The number of halogens is 2. The minimum absolute atomic E-state index is 0.332. The van der Waals surface area contributed by atoms with Crippen LogP contribution in [0.25, 0.3) is 11.5 Å². The average molecular weight is 389 g/mol. The Bertz CT molecular complexity index is 620. The second-order valence-electron chi connectivity index (χ2n) is 4.13. The molecule has 0 unspecified atom stereocenters. The van der Waals surface area contributed by atoms with E-state index in [4.69, 9.17) is 12.2 Å². The van der Waals surface area contributed by atoms with Gasteiger partial charge >= 0.3 is 0 Å². The molecule has 0 aliphatic carbocycles. The molecule has 1 N–H and O–H groups in total. The molecule has 0 amide bonds. The second-order valence-corrected chi connectivity index (χ2v) is 6.23. The number of hydrogen-bond donors (Lipinski definition) is 1. The van der Waals surface area contributed by atoms with Crippen LogP contribution in [0.4, 0.5) is 0 Å². The molecule has 18 heavy (non-hydrogen) atoms. The summed E-state index contributed by atoms with van der Waals surface area (Å²) < 4.78 is 2.34. The van der Waals surface area contributed by atoms with E-state index in [1.54, 1.807) is 6.20 Å². The van der Waals surface area contributed by atoms with Crippen molar-refractivity contribution >= 4 is 44.1 Å². The molecule has 2 aromatic rings. The van der Waals surface area contributed by atoms with E-state index in [2.05, 4.69) is 60.7 Å². The van der Waals surface area contributed by atoms with Gasteiger partial charge in [0.05, 0.1) is 4.47 Å². The van der Waals surface area contributed by atoms with Gasteiger partial charge in [-0.2, -0.15) is 0 Å². The standard InChI is InChI=1S/C12H11Br2N3S/c1-6(2)10-9(14)12(18)17-11(16-10)8-4-3-7(13)5-15-8/h3-6H,1-2H3,(H,16,17,18). The number of nitrogens with one attached hydrogen (secondary N) is 1. The van der Waals surface area contributed by atoms with Gasteiger partial charge in [0.2, 0.25) is 0 Å². The van der Waals surface area contributed by atoms with Crippen LogP contribution in [0.3, 0.4) is 0 Å². The SMILES string of the molecule is CC(C)c1[nH]c(-c2ccc(Br)cn2)nc(=S)c1Br. The fourth-order valence-electron chi connectivity index (χ4n) is 1.51. The molecule has 0 saturated carbocycles. The van der Waals surface area contributed by atoms with Crippen LogP contribution >= 0.6 is 44.1 Å². The lowest BCUT2D eigenvalue weighted by Gasteiger charge is -2.11. The molecule has 0 radical (unpaired) electrons. The Balaban J connectivity index is 2.59. The summed E-state index contributed by atoms with van der Waals surface area (Å²) in [5.74, 6) is 1.03. The molecule has 0 aliphatic rings. The summed E-state index contributed by atoms with van der Waals surface area (Å²) >= 11 is 12.1. The first-order valence-corrected chi connectivity index (χ1v) is 7.40. The molecule has 6 heteroatoms. The van der Waals surface area contributed by atoms with Crippen molar-refractivity contribution in [1.82, 2.24) is 15.0 Å². The van der Waals surface area contributed by atoms with Gasteiger partial charge in [0.25, 0.3) is 0 Å². The Morgan fingerprint density at radius 2 is 2.00 bits per heavy atom. The number of rotatable bonds is 2. The molecule has 2 aromatic heterocycles. The number of H-pyrrole nitrogens is 1. The fraction of sp³-hybridized carbons (Fsp3) is 0.250. The maximum absolute atomic E-state index is 5.26. The zero-order valence-electron chi connectivity index (χ0n) is 9.87. The highest BCUT2D eigenvalue weighted by Crippen LogP contribution is 2.26. The lowest BCUT2D eigenvalue weighted by Crippen LogP contribution is -2.01. The average Bonchev–Trinajstić information content (AvgIpc) is 2.33. The Hall–Kier alpha value is -0.590. The predicted molar refractivity (Wildman–Crippen MR) is 82.1 cm³/mol. The molecule has 0 bridgehead atoms. The number of pyridine rings is 1. The smallest absolute Gasteiger partial charge is 0.157 e. The summed E-state index contributed by atoms with van der Waals surface area (Å²) in [6.45, 7) is 4.20. The van der Waals surface area contributed by atoms with E-state index in [0.29, 0.717) is 16.4 Å². The van der Waals surface area contributed by atoms with Crippen molar-refractivity contribution in [2.45, 2.75) is 19.8 Å². The van der Waals surface area contributed by atoms with Gasteiger partial charge < -0.3 is 4.98 Å². The van der Waals surface area contributed by atoms with Gasteiger partial charge in [0.15, 0.2) is 5.82 Å². The van der Waals surface area contributed by atoms with Crippen molar-refractivity contribution in [3.63, 3.8) is 0 Å². The summed E-state index contributed by atoms with van der Waals surface area (Å²) in [5.41, 5.74) is 1.81. The van der Waals surface area contributed by atoms with Crippen molar-refractivity contribution in [1.29, 1.82) is 0 Å². The molecule has 0 fully saturated rings. The molecular formula is C12H11Br2N3S. The minimum Gasteiger partial charge on any atom is -0.341 e. The van der Waals surface area contributed by atoms with Crippen LogP contribution in [0.15, 0.2) is 27.3 Å². The van der Waals surface area contributed by atoms with Crippen molar-refractivity contribution in [2.75, 3.05) is 0 Å². The summed E-state index contributed by atoms with van der Waals surface area (Å²) in [7, 11) is 0. The van der Waals surface area contributed by atoms with Gasteiger partial charge in [-0.1, -0.05) is 26.1 Å². The Labute approximate surface area is 127 Å². The normalized spacial score (nSPS) is 10.9. The summed E-state index contributed by atoms with van der Waals surface area (Å²) in [6, 6.07) is 3.83. The minimum atomic E-state index is 0.332. The first-order valence-electron chi connectivity index (χ1n) is 5.40. The topological polar surface area (TPSA) is 41.6 Å². The van der Waals surface area contributed by atoms with Crippen LogP contribution in [0.2, 0.25) is 0 Å². The van der Waals surface area contributed by atoms with Gasteiger partial charge in [0.1, 0.15) is 10.3 Å². The maximum Gasteiger partial charge on any atom is 0.157 e. The van der Waals surface area contributed by atoms with E-state index in [0.717, 1.165) is 20.3 Å². The zero-order valence-corrected chi connectivity index (χ0v) is 13.9. The van der Waals surface area contributed by atoms with Crippen LogP contribution in [-0.4, -0.2) is 15.0 Å². The Morgan fingerprint density at radius 3 is 2.56 bits per heavy atom. The van der Waals surface area contributed by atoms with Crippen molar-refractivity contribution < 1.29 is 0 Å². The van der Waals surface area contributed by atoms with E-state index in [9.17, 15) is 0 Å².